The van der Waals surface area contributed by atoms with Gasteiger partial charge in [0.2, 0.25) is 5.91 Å². The Morgan fingerprint density at radius 3 is 2.68 bits per heavy atom. The number of fused-ring (bicyclic) bond motifs is 1. The van der Waals surface area contributed by atoms with E-state index >= 15 is 0 Å². The van der Waals surface area contributed by atoms with Crippen molar-refractivity contribution in [2.75, 3.05) is 32.7 Å². The van der Waals surface area contributed by atoms with Gasteiger partial charge in [-0.3, -0.25) is 9.36 Å². The highest BCUT2D eigenvalue weighted by molar-refractivity contribution is 5.79. The van der Waals surface area contributed by atoms with Gasteiger partial charge in [-0.2, -0.15) is 0 Å². The van der Waals surface area contributed by atoms with Gasteiger partial charge < -0.3 is 24.7 Å². The highest BCUT2D eigenvalue weighted by Gasteiger charge is 2.25. The summed E-state index contributed by atoms with van der Waals surface area (Å²) in [7, 11) is 0. The first-order valence-electron chi connectivity index (χ1n) is 10.8. The third kappa shape index (κ3) is 6.58. The third-order valence-electron chi connectivity index (χ3n) is 5.18. The van der Waals surface area contributed by atoms with Crippen LogP contribution in [0.1, 0.15) is 33.6 Å². The number of hydrogen-bond acceptors (Lipinski definition) is 6. The fourth-order valence-electron chi connectivity index (χ4n) is 3.75. The summed E-state index contributed by atoms with van der Waals surface area (Å²) in [5.74, 6) is -0.473. The summed E-state index contributed by atoms with van der Waals surface area (Å²) in [5, 5.41) is 5.52. The number of nitrogens with zero attached hydrogens (tertiary/aromatic N) is 2. The molecule has 1 aromatic heterocycles. The number of amides is 2. The number of piperidine rings is 1. The standard InChI is InChI=1S/C22H32N4O5/c1-22(2,3)31-20(28)24-11-10-23-19(27)16-7-6-12-25(15-16)13-14-26-17-8-4-5-9-18(17)30-21(26)29/h4-5,8-9,16H,6-7,10-15H2,1-3H3,(H,23,27)(H,24,28). The van der Waals surface area contributed by atoms with E-state index in [4.69, 9.17) is 9.15 Å². The van der Waals surface area contributed by atoms with Crippen LogP contribution in [0.4, 0.5) is 4.79 Å². The highest BCUT2D eigenvalue weighted by Crippen LogP contribution is 2.17. The molecule has 1 saturated heterocycles. The minimum absolute atomic E-state index is 0.0124. The van der Waals surface area contributed by atoms with Crippen molar-refractivity contribution < 1.29 is 18.7 Å². The normalized spacial score (nSPS) is 17.5. The Balaban J connectivity index is 1.42. The first-order valence-corrected chi connectivity index (χ1v) is 10.8. The maximum absolute atomic E-state index is 12.5. The molecule has 0 radical (unpaired) electrons. The van der Waals surface area contributed by atoms with E-state index in [0.717, 1.165) is 24.9 Å². The summed E-state index contributed by atoms with van der Waals surface area (Å²) in [5.41, 5.74) is 0.826. The zero-order valence-electron chi connectivity index (χ0n) is 18.5. The maximum Gasteiger partial charge on any atom is 0.419 e. The molecule has 2 N–H and O–H groups in total. The average Bonchev–Trinajstić information content (AvgIpc) is 3.03. The molecule has 0 saturated carbocycles. The van der Waals surface area contributed by atoms with Crippen LogP contribution in [0.15, 0.2) is 33.5 Å². The number of benzene rings is 1. The van der Waals surface area contributed by atoms with Crippen LogP contribution >= 0.6 is 0 Å². The molecule has 1 aliphatic rings. The number of carbonyl (C=O) groups excluding carboxylic acids is 2. The van der Waals surface area contributed by atoms with Crippen LogP contribution in [0.2, 0.25) is 0 Å². The van der Waals surface area contributed by atoms with E-state index < -0.39 is 11.7 Å². The van der Waals surface area contributed by atoms with Crippen LogP contribution in [-0.2, 0) is 16.1 Å². The lowest BCUT2D eigenvalue weighted by atomic mass is 9.97. The van der Waals surface area contributed by atoms with E-state index in [9.17, 15) is 14.4 Å². The molecule has 1 atom stereocenters. The Morgan fingerprint density at radius 1 is 1.16 bits per heavy atom. The molecule has 1 unspecified atom stereocenters. The molecule has 0 bridgehead atoms. The quantitative estimate of drug-likeness (QED) is 0.648. The number of oxazole rings is 1. The van der Waals surface area contributed by atoms with Crippen molar-refractivity contribution in [2.24, 2.45) is 5.92 Å². The summed E-state index contributed by atoms with van der Waals surface area (Å²) in [6, 6.07) is 7.38. The molecule has 3 rings (SSSR count). The number of carbonyl (C=O) groups is 2. The van der Waals surface area contributed by atoms with Gasteiger partial charge in [-0.05, 0) is 52.3 Å². The van der Waals surface area contributed by atoms with Gasteiger partial charge in [0.1, 0.15) is 5.60 Å². The van der Waals surface area contributed by atoms with E-state index in [2.05, 4.69) is 15.5 Å². The fraction of sp³-hybridized carbons (Fsp3) is 0.591. The summed E-state index contributed by atoms with van der Waals surface area (Å²) < 4.78 is 12.1. The molecular weight excluding hydrogens is 400 g/mol. The zero-order chi connectivity index (χ0) is 22.4. The number of ether oxygens (including phenoxy) is 1. The Kier molecular flexibility index (Phi) is 7.37. The summed E-state index contributed by atoms with van der Waals surface area (Å²) >= 11 is 0. The molecule has 2 aromatic rings. The summed E-state index contributed by atoms with van der Waals surface area (Å²) in [6.07, 6.45) is 1.26. The van der Waals surface area contributed by atoms with Crippen LogP contribution in [0.3, 0.4) is 0 Å². The highest BCUT2D eigenvalue weighted by atomic mass is 16.6. The van der Waals surface area contributed by atoms with E-state index in [0.29, 0.717) is 38.3 Å². The van der Waals surface area contributed by atoms with Crippen molar-refractivity contribution in [3.8, 4) is 0 Å². The van der Waals surface area contributed by atoms with Gasteiger partial charge in [0.05, 0.1) is 11.4 Å². The lowest BCUT2D eigenvalue weighted by molar-refractivity contribution is -0.126. The van der Waals surface area contributed by atoms with Crippen molar-refractivity contribution in [2.45, 2.75) is 45.8 Å². The number of rotatable bonds is 7. The number of alkyl carbamates (subject to hydrolysis) is 1. The topological polar surface area (TPSA) is 106 Å². The SMILES string of the molecule is CC(C)(C)OC(=O)NCCNC(=O)C1CCCN(CCn2c(=O)oc3ccccc32)C1. The number of nitrogens with one attached hydrogen (secondary N) is 2. The predicted molar refractivity (Wildman–Crippen MR) is 117 cm³/mol. The number of para-hydroxylation sites is 2. The number of aromatic nitrogens is 1. The van der Waals surface area contributed by atoms with Crippen LogP contribution in [0.5, 0.6) is 0 Å². The average molecular weight is 433 g/mol. The van der Waals surface area contributed by atoms with Gasteiger partial charge in [0, 0.05) is 32.7 Å². The van der Waals surface area contributed by atoms with Crippen molar-refractivity contribution in [1.82, 2.24) is 20.1 Å². The van der Waals surface area contributed by atoms with Crippen LogP contribution in [0.25, 0.3) is 11.1 Å². The van der Waals surface area contributed by atoms with Crippen LogP contribution in [0, 0.1) is 5.92 Å². The summed E-state index contributed by atoms with van der Waals surface area (Å²) in [6.45, 7) is 8.80. The van der Waals surface area contributed by atoms with Gasteiger partial charge in [0.25, 0.3) is 0 Å². The minimum Gasteiger partial charge on any atom is -0.444 e. The van der Waals surface area contributed by atoms with E-state index in [-0.39, 0.29) is 17.6 Å². The van der Waals surface area contributed by atoms with Crippen molar-refractivity contribution in [1.29, 1.82) is 0 Å². The van der Waals surface area contributed by atoms with Gasteiger partial charge in [-0.25, -0.2) is 9.59 Å². The molecule has 0 spiro atoms. The monoisotopic (exact) mass is 432 g/mol. The molecule has 170 valence electrons. The largest absolute Gasteiger partial charge is 0.444 e. The first kappa shape index (κ1) is 22.9. The third-order valence-corrected chi connectivity index (χ3v) is 5.18. The second kappa shape index (κ2) is 10.00. The van der Waals surface area contributed by atoms with E-state index in [1.54, 1.807) is 31.4 Å². The second-order valence-corrected chi connectivity index (χ2v) is 8.85. The Labute approximate surface area is 181 Å². The van der Waals surface area contributed by atoms with Gasteiger partial charge in [-0.15, -0.1) is 0 Å². The Bertz CT molecular complexity index is 959. The fourth-order valence-corrected chi connectivity index (χ4v) is 3.75. The Hall–Kier alpha value is -2.81. The zero-order valence-corrected chi connectivity index (χ0v) is 18.5. The molecule has 1 aliphatic heterocycles. The second-order valence-electron chi connectivity index (χ2n) is 8.85. The first-order chi connectivity index (χ1) is 14.7. The van der Waals surface area contributed by atoms with E-state index in [1.807, 2.05) is 18.2 Å². The molecule has 2 amide bonds. The molecular formula is C22H32N4O5. The molecule has 9 nitrogen and oxygen atoms in total. The van der Waals surface area contributed by atoms with Crippen molar-refractivity contribution in [3.63, 3.8) is 0 Å². The lowest BCUT2D eigenvalue weighted by Gasteiger charge is -2.32. The van der Waals surface area contributed by atoms with Gasteiger partial charge >= 0.3 is 11.8 Å². The van der Waals surface area contributed by atoms with E-state index in [1.165, 1.54) is 0 Å². The predicted octanol–water partition coefficient (Wildman–Crippen LogP) is 1.95. The molecule has 31 heavy (non-hydrogen) atoms. The van der Waals surface area contributed by atoms with Crippen LogP contribution < -0.4 is 16.4 Å². The lowest BCUT2D eigenvalue weighted by Crippen LogP contribution is -2.45. The molecule has 2 heterocycles. The van der Waals surface area contributed by atoms with Crippen molar-refractivity contribution >= 4 is 23.1 Å². The number of hydrogen-bond donors (Lipinski definition) is 2. The smallest absolute Gasteiger partial charge is 0.419 e. The van der Waals surface area contributed by atoms with Crippen molar-refractivity contribution in [3.05, 3.63) is 34.8 Å². The Morgan fingerprint density at radius 2 is 1.90 bits per heavy atom. The van der Waals surface area contributed by atoms with Gasteiger partial charge in [-0.1, -0.05) is 12.1 Å². The molecule has 9 heteroatoms. The minimum atomic E-state index is -0.549. The van der Waals surface area contributed by atoms with Gasteiger partial charge in [0.15, 0.2) is 5.58 Å². The molecule has 1 fully saturated rings. The molecule has 1 aromatic carbocycles. The number of likely N-dealkylation sites (tertiary alicyclic amines) is 1. The maximum atomic E-state index is 12.5. The molecule has 0 aliphatic carbocycles. The van der Waals surface area contributed by atoms with Crippen LogP contribution in [-0.4, -0.2) is 59.8 Å². The summed E-state index contributed by atoms with van der Waals surface area (Å²) in [4.78, 5) is 38.5.